The van der Waals surface area contributed by atoms with Crippen LogP contribution in [0.5, 0.6) is 0 Å². The van der Waals surface area contributed by atoms with Crippen molar-refractivity contribution >= 4 is 33.4 Å². The highest BCUT2D eigenvalue weighted by Gasteiger charge is 2.08. The van der Waals surface area contributed by atoms with E-state index < -0.39 is 0 Å². The molecule has 0 saturated heterocycles. The summed E-state index contributed by atoms with van der Waals surface area (Å²) in [5.41, 5.74) is 8.41. The molecule has 0 spiro atoms. The van der Waals surface area contributed by atoms with Gasteiger partial charge >= 0.3 is 0 Å². The minimum Gasteiger partial charge on any atom is -0.399 e. The number of hydrogen-bond acceptors (Lipinski definition) is 4. The van der Waals surface area contributed by atoms with Crippen LogP contribution in [-0.4, -0.2) is 5.16 Å². The highest BCUT2D eigenvalue weighted by atomic mass is 79.9. The Morgan fingerprint density at radius 2 is 1.90 bits per heavy atom. The Balaban J connectivity index is 1.70. The molecule has 1 aromatic heterocycles. The third kappa shape index (κ3) is 3.49. The van der Waals surface area contributed by atoms with Crippen LogP contribution in [0.15, 0.2) is 68.5 Å². The second-order valence-corrected chi connectivity index (χ2v) is 6.39. The molecule has 0 radical (unpaired) electrons. The first-order chi connectivity index (χ1) is 10.2. The zero-order chi connectivity index (χ0) is 14.7. The molecule has 0 unspecified atom stereocenters. The first-order valence-corrected chi connectivity index (χ1v) is 8.19. The van der Waals surface area contributed by atoms with E-state index in [9.17, 15) is 0 Å². The van der Waals surface area contributed by atoms with Gasteiger partial charge in [-0.1, -0.05) is 35.5 Å². The average molecular weight is 361 g/mol. The number of nitrogens with zero attached hydrogens (tertiary/aromatic N) is 1. The van der Waals surface area contributed by atoms with Crippen LogP contribution in [-0.2, 0) is 5.75 Å². The number of aromatic nitrogens is 1. The molecule has 2 aromatic carbocycles. The Morgan fingerprint density at radius 3 is 2.67 bits per heavy atom. The van der Waals surface area contributed by atoms with Gasteiger partial charge in [0.2, 0.25) is 0 Å². The molecule has 2 N–H and O–H groups in total. The number of anilines is 1. The number of nitrogen functional groups attached to an aromatic ring is 1. The predicted octanol–water partition coefficient (Wildman–Crippen LogP) is 4.98. The molecule has 0 aliphatic carbocycles. The Kier molecular flexibility index (Phi) is 4.31. The van der Waals surface area contributed by atoms with Crippen LogP contribution in [0.4, 0.5) is 5.69 Å². The van der Waals surface area contributed by atoms with Crippen LogP contribution in [0.2, 0.25) is 0 Å². The van der Waals surface area contributed by atoms with Gasteiger partial charge in [0.05, 0.1) is 5.75 Å². The van der Waals surface area contributed by atoms with Crippen LogP contribution in [0, 0.1) is 0 Å². The summed E-state index contributed by atoms with van der Waals surface area (Å²) in [4.78, 5) is 1.13. The fourth-order valence-electron chi connectivity index (χ4n) is 1.91. The average Bonchev–Trinajstić information content (AvgIpc) is 2.96. The van der Waals surface area contributed by atoms with Crippen molar-refractivity contribution < 1.29 is 4.52 Å². The number of benzene rings is 2. The molecular weight excluding hydrogens is 348 g/mol. The van der Waals surface area contributed by atoms with Gasteiger partial charge in [0.25, 0.3) is 0 Å². The quantitative estimate of drug-likeness (QED) is 0.526. The van der Waals surface area contributed by atoms with Crippen LogP contribution in [0.3, 0.4) is 0 Å². The van der Waals surface area contributed by atoms with E-state index in [-0.39, 0.29) is 0 Å². The lowest BCUT2D eigenvalue weighted by atomic mass is 10.1. The molecule has 3 nitrogen and oxygen atoms in total. The maximum absolute atomic E-state index is 5.73. The van der Waals surface area contributed by atoms with Crippen molar-refractivity contribution in [3.8, 4) is 11.3 Å². The molecule has 0 bridgehead atoms. The monoisotopic (exact) mass is 360 g/mol. The lowest BCUT2D eigenvalue weighted by Gasteiger charge is -2.03. The Bertz CT molecular complexity index is 743. The number of thioether (sulfide) groups is 1. The van der Waals surface area contributed by atoms with Crippen molar-refractivity contribution in [2.75, 3.05) is 5.73 Å². The topological polar surface area (TPSA) is 52.0 Å². The summed E-state index contributed by atoms with van der Waals surface area (Å²) in [6.45, 7) is 0. The summed E-state index contributed by atoms with van der Waals surface area (Å²) in [6.07, 6.45) is 0. The maximum atomic E-state index is 5.73. The van der Waals surface area contributed by atoms with Gasteiger partial charge in [-0.05, 0) is 34.1 Å². The summed E-state index contributed by atoms with van der Waals surface area (Å²) in [5.74, 6) is 1.57. The summed E-state index contributed by atoms with van der Waals surface area (Å²) < 4.78 is 6.39. The Morgan fingerprint density at radius 1 is 1.10 bits per heavy atom. The summed E-state index contributed by atoms with van der Waals surface area (Å²) in [6, 6.07) is 17.8. The van der Waals surface area contributed by atoms with Crippen LogP contribution >= 0.6 is 27.7 Å². The van der Waals surface area contributed by atoms with Crippen molar-refractivity contribution in [1.82, 2.24) is 5.16 Å². The molecule has 0 aliphatic rings. The fourth-order valence-corrected chi connectivity index (χ4v) is 3.44. The van der Waals surface area contributed by atoms with E-state index in [4.69, 9.17) is 10.3 Å². The van der Waals surface area contributed by atoms with E-state index in [2.05, 4.69) is 21.1 Å². The molecule has 0 atom stereocenters. The van der Waals surface area contributed by atoms with E-state index in [1.54, 1.807) is 11.8 Å². The zero-order valence-electron chi connectivity index (χ0n) is 11.1. The first-order valence-electron chi connectivity index (χ1n) is 6.41. The molecule has 5 heteroatoms. The van der Waals surface area contributed by atoms with Crippen molar-refractivity contribution in [2.24, 2.45) is 0 Å². The Labute approximate surface area is 135 Å². The molecule has 21 heavy (non-hydrogen) atoms. The zero-order valence-corrected chi connectivity index (χ0v) is 13.5. The number of nitrogens with two attached hydrogens (primary N) is 1. The van der Waals surface area contributed by atoms with Gasteiger partial charge in [0, 0.05) is 26.7 Å². The van der Waals surface area contributed by atoms with E-state index in [0.717, 1.165) is 37.8 Å². The lowest BCUT2D eigenvalue weighted by Crippen LogP contribution is -1.85. The van der Waals surface area contributed by atoms with E-state index >= 15 is 0 Å². The van der Waals surface area contributed by atoms with Gasteiger partial charge in [-0.2, -0.15) is 0 Å². The smallest absolute Gasteiger partial charge is 0.147 e. The predicted molar refractivity (Wildman–Crippen MR) is 90.1 cm³/mol. The Hall–Kier alpha value is -1.72. The number of hydrogen-bond donors (Lipinski definition) is 1. The molecule has 3 rings (SSSR count). The van der Waals surface area contributed by atoms with Crippen molar-refractivity contribution in [1.29, 1.82) is 0 Å². The summed E-state index contributed by atoms with van der Waals surface area (Å²) in [5, 5.41) is 4.12. The van der Waals surface area contributed by atoms with Gasteiger partial charge in [-0.3, -0.25) is 0 Å². The van der Waals surface area contributed by atoms with Gasteiger partial charge < -0.3 is 10.3 Å². The molecule has 0 saturated carbocycles. The van der Waals surface area contributed by atoms with E-state index in [1.807, 2.05) is 54.6 Å². The third-order valence-corrected chi connectivity index (χ3v) is 4.97. The number of halogens is 1. The molecule has 1 heterocycles. The normalized spacial score (nSPS) is 10.7. The van der Waals surface area contributed by atoms with Gasteiger partial charge in [0.15, 0.2) is 0 Å². The SMILES string of the molecule is Nc1ccc(SCc2cc(-c3ccccc3)no2)c(Br)c1. The minimum atomic E-state index is 0.725. The van der Waals surface area contributed by atoms with Crippen molar-refractivity contribution in [3.05, 3.63) is 64.8 Å². The second-order valence-electron chi connectivity index (χ2n) is 4.52. The van der Waals surface area contributed by atoms with Crippen molar-refractivity contribution in [3.63, 3.8) is 0 Å². The van der Waals surface area contributed by atoms with Crippen LogP contribution in [0.1, 0.15) is 5.76 Å². The highest BCUT2D eigenvalue weighted by molar-refractivity contribution is 9.10. The summed E-state index contributed by atoms with van der Waals surface area (Å²) in [7, 11) is 0. The molecule has 3 aromatic rings. The van der Waals surface area contributed by atoms with Crippen LogP contribution < -0.4 is 5.73 Å². The molecule has 0 aliphatic heterocycles. The lowest BCUT2D eigenvalue weighted by molar-refractivity contribution is 0.397. The maximum Gasteiger partial charge on any atom is 0.147 e. The molecule has 0 amide bonds. The van der Waals surface area contributed by atoms with Gasteiger partial charge in [-0.25, -0.2) is 0 Å². The number of rotatable bonds is 4. The standard InChI is InChI=1S/C16H13BrN2OS/c17-14-8-12(18)6-7-16(14)21-10-13-9-15(19-20-13)11-4-2-1-3-5-11/h1-9H,10,18H2. The van der Waals surface area contributed by atoms with Gasteiger partial charge in [0.1, 0.15) is 11.5 Å². The highest BCUT2D eigenvalue weighted by Crippen LogP contribution is 2.32. The van der Waals surface area contributed by atoms with Crippen molar-refractivity contribution in [2.45, 2.75) is 10.6 Å². The summed E-state index contributed by atoms with van der Waals surface area (Å²) >= 11 is 5.20. The van der Waals surface area contributed by atoms with E-state index in [1.165, 1.54) is 0 Å². The molecule has 0 fully saturated rings. The minimum absolute atomic E-state index is 0.725. The first kappa shape index (κ1) is 14.2. The second kappa shape index (κ2) is 6.37. The largest absolute Gasteiger partial charge is 0.399 e. The van der Waals surface area contributed by atoms with Crippen LogP contribution in [0.25, 0.3) is 11.3 Å². The molecule has 106 valence electrons. The van der Waals surface area contributed by atoms with Gasteiger partial charge in [-0.15, -0.1) is 11.8 Å². The third-order valence-electron chi connectivity index (χ3n) is 2.95. The molecular formula is C16H13BrN2OS. The van der Waals surface area contributed by atoms with E-state index in [0.29, 0.717) is 0 Å². The fraction of sp³-hybridized carbons (Fsp3) is 0.0625.